The first kappa shape index (κ1) is 31.6. The van der Waals surface area contributed by atoms with Gasteiger partial charge in [0, 0.05) is 54.5 Å². The third kappa shape index (κ3) is 5.32. The van der Waals surface area contributed by atoms with Gasteiger partial charge in [0.15, 0.2) is 0 Å². The Morgan fingerprint density at radius 1 is 0.273 bits per heavy atom. The molecular weight excluding hydrogens is 685 g/mol. The normalized spacial score (nSPS) is 11.6. The minimum absolute atomic E-state index is 0.937. The predicted octanol–water partition coefficient (Wildman–Crippen LogP) is 14.6. The summed E-state index contributed by atoms with van der Waals surface area (Å²) in [4.78, 5) is 9.50. The first-order chi connectivity index (χ1) is 27.3. The third-order valence-corrected chi connectivity index (χ3v) is 12.2. The molecule has 0 aliphatic rings. The van der Waals surface area contributed by atoms with E-state index in [4.69, 9.17) is 9.97 Å². The van der Waals surface area contributed by atoms with Crippen molar-refractivity contribution in [3.8, 4) is 55.6 Å². The third-order valence-electron chi connectivity index (χ3n) is 10.9. The van der Waals surface area contributed by atoms with Gasteiger partial charge >= 0.3 is 0 Å². The van der Waals surface area contributed by atoms with Gasteiger partial charge in [-0.05, 0) is 91.7 Å². The summed E-state index contributed by atoms with van der Waals surface area (Å²) in [6.07, 6.45) is 3.57. The molecule has 0 amide bonds. The molecular formula is C52H32N2S. The SMILES string of the molecule is c1ccc(-c2cc(-c3ccccc3)c3sc4c(-c5ccccc5)cc(-c5cccc(-c6ccc7c(c6)c6ccccc6c6nccnc76)c5)cc4c3c2)cc1. The van der Waals surface area contributed by atoms with Crippen molar-refractivity contribution in [2.75, 3.05) is 0 Å². The van der Waals surface area contributed by atoms with Gasteiger partial charge in [0.1, 0.15) is 0 Å². The summed E-state index contributed by atoms with van der Waals surface area (Å²) in [5, 5.41) is 7.19. The number of aromatic nitrogens is 2. The highest BCUT2D eigenvalue weighted by Crippen LogP contribution is 2.47. The lowest BCUT2D eigenvalue weighted by Crippen LogP contribution is -1.89. The van der Waals surface area contributed by atoms with Crippen LogP contribution >= 0.6 is 11.3 Å². The molecule has 0 N–H and O–H groups in total. The Kier molecular flexibility index (Phi) is 7.39. The average Bonchev–Trinajstić information content (AvgIpc) is 3.65. The standard InChI is InChI=1S/C52H32N2S/c1-4-13-33(14-5-1)39-29-44(34-15-6-2-7-16-34)51-47(31-39)48-32-40(30-45(52(48)55-51)35-17-8-3-9-18-35)37-20-12-19-36(27-37)38-23-24-43-46(28-38)41-21-10-11-22-42(41)49-50(43)54-26-25-53-49/h1-32H. The monoisotopic (exact) mass is 716 g/mol. The molecule has 0 saturated heterocycles. The van der Waals surface area contributed by atoms with E-state index in [9.17, 15) is 0 Å². The van der Waals surface area contributed by atoms with Crippen molar-refractivity contribution in [2.45, 2.75) is 0 Å². The largest absolute Gasteiger partial charge is 0.252 e. The van der Waals surface area contributed by atoms with Crippen LogP contribution in [0.4, 0.5) is 0 Å². The molecule has 256 valence electrons. The quantitative estimate of drug-likeness (QED) is 0.166. The molecule has 0 fully saturated rings. The molecule has 2 aromatic heterocycles. The van der Waals surface area contributed by atoms with Gasteiger partial charge in [0.2, 0.25) is 0 Å². The Bertz CT molecular complexity index is 3210. The van der Waals surface area contributed by atoms with Crippen molar-refractivity contribution in [3.63, 3.8) is 0 Å². The molecule has 0 unspecified atom stereocenters. The number of nitrogens with zero attached hydrogens (tertiary/aromatic N) is 2. The fourth-order valence-electron chi connectivity index (χ4n) is 8.30. The summed E-state index contributed by atoms with van der Waals surface area (Å²) in [7, 11) is 0. The number of hydrogen-bond donors (Lipinski definition) is 0. The Balaban J connectivity index is 1.14. The average molecular weight is 717 g/mol. The van der Waals surface area contributed by atoms with E-state index in [1.807, 2.05) is 11.3 Å². The molecule has 2 nitrogen and oxygen atoms in total. The minimum atomic E-state index is 0.937. The van der Waals surface area contributed by atoms with Crippen LogP contribution in [0.5, 0.6) is 0 Å². The first-order valence-corrected chi connectivity index (χ1v) is 19.4. The van der Waals surface area contributed by atoms with Crippen molar-refractivity contribution in [3.05, 3.63) is 194 Å². The van der Waals surface area contributed by atoms with E-state index in [0.717, 1.165) is 21.8 Å². The number of benzene rings is 9. The zero-order valence-electron chi connectivity index (χ0n) is 29.8. The highest BCUT2D eigenvalue weighted by atomic mass is 32.1. The Hall–Kier alpha value is -6.94. The van der Waals surface area contributed by atoms with Crippen molar-refractivity contribution < 1.29 is 0 Å². The number of rotatable bonds is 5. The molecule has 3 heteroatoms. The highest BCUT2D eigenvalue weighted by Gasteiger charge is 2.19. The van der Waals surface area contributed by atoms with Gasteiger partial charge in [-0.1, -0.05) is 146 Å². The van der Waals surface area contributed by atoms with Crippen LogP contribution in [-0.2, 0) is 0 Å². The fourth-order valence-corrected chi connectivity index (χ4v) is 9.63. The maximum absolute atomic E-state index is 4.77. The molecule has 0 atom stereocenters. The second-order valence-corrected chi connectivity index (χ2v) is 15.2. The van der Waals surface area contributed by atoms with Crippen molar-refractivity contribution in [1.82, 2.24) is 9.97 Å². The zero-order chi connectivity index (χ0) is 36.3. The lowest BCUT2D eigenvalue weighted by atomic mass is 9.91. The molecule has 11 rings (SSSR count). The van der Waals surface area contributed by atoms with E-state index in [2.05, 4.69) is 182 Å². The van der Waals surface area contributed by atoms with Crippen molar-refractivity contribution >= 4 is 64.1 Å². The van der Waals surface area contributed by atoms with Crippen LogP contribution in [0.3, 0.4) is 0 Å². The van der Waals surface area contributed by atoms with Gasteiger partial charge in [-0.3, -0.25) is 9.97 Å². The Morgan fingerprint density at radius 2 is 0.709 bits per heavy atom. The number of thiophene rings is 1. The summed E-state index contributed by atoms with van der Waals surface area (Å²) in [5.74, 6) is 0. The van der Waals surface area contributed by atoms with Gasteiger partial charge < -0.3 is 0 Å². The smallest absolute Gasteiger partial charge is 0.0971 e. The topological polar surface area (TPSA) is 25.8 Å². The van der Waals surface area contributed by atoms with Crippen LogP contribution in [0, 0.1) is 0 Å². The summed E-state index contributed by atoms with van der Waals surface area (Å²) >= 11 is 1.91. The van der Waals surface area contributed by atoms with Crippen LogP contribution in [-0.4, -0.2) is 9.97 Å². The predicted molar refractivity (Wildman–Crippen MR) is 235 cm³/mol. The molecule has 0 saturated carbocycles. The molecule has 0 radical (unpaired) electrons. The summed E-state index contributed by atoms with van der Waals surface area (Å²) in [6, 6.07) is 66.4. The molecule has 2 heterocycles. The van der Waals surface area contributed by atoms with E-state index >= 15 is 0 Å². The molecule has 0 aliphatic carbocycles. The van der Waals surface area contributed by atoms with Gasteiger partial charge in [0.05, 0.1) is 11.0 Å². The van der Waals surface area contributed by atoms with Gasteiger partial charge in [-0.15, -0.1) is 11.3 Å². The summed E-state index contributed by atoms with van der Waals surface area (Å²) in [6.45, 7) is 0. The van der Waals surface area contributed by atoms with Gasteiger partial charge in [-0.25, -0.2) is 0 Å². The van der Waals surface area contributed by atoms with Crippen LogP contribution in [0.1, 0.15) is 0 Å². The lowest BCUT2D eigenvalue weighted by molar-refractivity contribution is 1.31. The van der Waals surface area contributed by atoms with Crippen molar-refractivity contribution in [1.29, 1.82) is 0 Å². The number of fused-ring (bicyclic) bond motifs is 9. The molecule has 11 aromatic rings. The van der Waals surface area contributed by atoms with Crippen LogP contribution in [0.2, 0.25) is 0 Å². The molecule has 0 bridgehead atoms. The highest BCUT2D eigenvalue weighted by molar-refractivity contribution is 7.27. The van der Waals surface area contributed by atoms with Crippen LogP contribution < -0.4 is 0 Å². The zero-order valence-corrected chi connectivity index (χ0v) is 30.6. The van der Waals surface area contributed by atoms with E-state index < -0.39 is 0 Å². The van der Waals surface area contributed by atoms with Crippen LogP contribution in [0.15, 0.2) is 194 Å². The Morgan fingerprint density at radius 3 is 1.31 bits per heavy atom. The van der Waals surface area contributed by atoms with E-state index in [1.165, 1.54) is 86.6 Å². The van der Waals surface area contributed by atoms with E-state index in [0.29, 0.717) is 0 Å². The molecule has 9 aromatic carbocycles. The van der Waals surface area contributed by atoms with Gasteiger partial charge in [-0.2, -0.15) is 0 Å². The van der Waals surface area contributed by atoms with E-state index in [1.54, 1.807) is 12.4 Å². The van der Waals surface area contributed by atoms with E-state index in [-0.39, 0.29) is 0 Å². The lowest BCUT2D eigenvalue weighted by Gasteiger charge is -2.12. The minimum Gasteiger partial charge on any atom is -0.252 e. The fraction of sp³-hybridized carbons (Fsp3) is 0. The number of hydrogen-bond acceptors (Lipinski definition) is 3. The molecule has 55 heavy (non-hydrogen) atoms. The molecule has 0 spiro atoms. The Labute approximate surface area is 322 Å². The summed E-state index contributed by atoms with van der Waals surface area (Å²) in [5.41, 5.74) is 14.0. The second-order valence-electron chi connectivity index (χ2n) is 14.1. The molecule has 0 aliphatic heterocycles. The van der Waals surface area contributed by atoms with Crippen LogP contribution in [0.25, 0.3) is 108 Å². The summed E-state index contributed by atoms with van der Waals surface area (Å²) < 4.78 is 2.62. The second kappa shape index (κ2) is 12.9. The maximum atomic E-state index is 4.77. The first-order valence-electron chi connectivity index (χ1n) is 18.6. The van der Waals surface area contributed by atoms with Crippen molar-refractivity contribution in [2.24, 2.45) is 0 Å². The maximum Gasteiger partial charge on any atom is 0.0971 e. The van der Waals surface area contributed by atoms with Gasteiger partial charge in [0.25, 0.3) is 0 Å².